The lowest BCUT2D eigenvalue weighted by Gasteiger charge is -2.21. The summed E-state index contributed by atoms with van der Waals surface area (Å²) >= 11 is 1.24. The standard InChI is InChI=1S/C19H24N4O4S/c1-5-27-19(26)21-14(11(2)3)16(24)22-23-17(25)15-12(4)20-18(28-15)13-9-7-6-8-10-13/h6-11,14H,5H2,1-4H3,(H,21,26)(H,22,24)(H,23,25). The lowest BCUT2D eigenvalue weighted by Crippen LogP contribution is -2.54. The number of hydrazine groups is 1. The number of benzene rings is 1. The van der Waals surface area contributed by atoms with Gasteiger partial charge in [0.2, 0.25) is 0 Å². The van der Waals surface area contributed by atoms with E-state index in [0.29, 0.717) is 10.6 Å². The van der Waals surface area contributed by atoms with E-state index in [2.05, 4.69) is 21.2 Å². The number of nitrogens with one attached hydrogen (secondary N) is 3. The molecular weight excluding hydrogens is 380 g/mol. The molecule has 0 saturated heterocycles. The fraction of sp³-hybridized carbons (Fsp3) is 0.368. The van der Waals surface area contributed by atoms with Gasteiger partial charge in [-0.05, 0) is 19.8 Å². The predicted molar refractivity (Wildman–Crippen MR) is 107 cm³/mol. The molecule has 2 rings (SSSR count). The van der Waals surface area contributed by atoms with Crippen LogP contribution in [0.1, 0.15) is 36.1 Å². The number of ether oxygens (including phenoxy) is 1. The average molecular weight is 404 g/mol. The van der Waals surface area contributed by atoms with Gasteiger partial charge in [0.05, 0.1) is 12.3 Å². The average Bonchev–Trinajstić information content (AvgIpc) is 3.06. The fourth-order valence-corrected chi connectivity index (χ4v) is 3.37. The number of aryl methyl sites for hydroxylation is 1. The van der Waals surface area contributed by atoms with Crippen LogP contribution in [0.2, 0.25) is 0 Å². The third-order valence-corrected chi connectivity index (χ3v) is 5.03. The van der Waals surface area contributed by atoms with Crippen LogP contribution >= 0.6 is 11.3 Å². The maximum absolute atomic E-state index is 12.5. The number of rotatable bonds is 6. The van der Waals surface area contributed by atoms with Crippen LogP contribution in [0, 0.1) is 12.8 Å². The van der Waals surface area contributed by atoms with E-state index in [-0.39, 0.29) is 12.5 Å². The van der Waals surface area contributed by atoms with Crippen molar-refractivity contribution >= 4 is 29.2 Å². The highest BCUT2D eigenvalue weighted by Crippen LogP contribution is 2.27. The molecule has 28 heavy (non-hydrogen) atoms. The van der Waals surface area contributed by atoms with Crippen LogP contribution < -0.4 is 16.2 Å². The van der Waals surface area contributed by atoms with Gasteiger partial charge in [0, 0.05) is 5.56 Å². The summed E-state index contributed by atoms with van der Waals surface area (Å²) < 4.78 is 4.80. The summed E-state index contributed by atoms with van der Waals surface area (Å²) in [5.74, 6) is -1.21. The second-order valence-electron chi connectivity index (χ2n) is 6.33. The topological polar surface area (TPSA) is 109 Å². The van der Waals surface area contributed by atoms with E-state index in [1.807, 2.05) is 30.3 Å². The van der Waals surface area contributed by atoms with Gasteiger partial charge in [0.25, 0.3) is 11.8 Å². The second kappa shape index (κ2) is 9.84. The van der Waals surface area contributed by atoms with Crippen molar-refractivity contribution < 1.29 is 19.1 Å². The number of thiazole rings is 1. The highest BCUT2D eigenvalue weighted by Gasteiger charge is 2.25. The van der Waals surface area contributed by atoms with Crippen LogP contribution in [0.4, 0.5) is 4.79 Å². The van der Waals surface area contributed by atoms with Crippen molar-refractivity contribution in [2.24, 2.45) is 5.92 Å². The van der Waals surface area contributed by atoms with Crippen molar-refractivity contribution in [3.05, 3.63) is 40.9 Å². The summed E-state index contributed by atoms with van der Waals surface area (Å²) in [6, 6.07) is 8.68. The molecular formula is C19H24N4O4S. The number of alkyl carbamates (subject to hydrolysis) is 1. The maximum atomic E-state index is 12.5. The van der Waals surface area contributed by atoms with E-state index < -0.39 is 23.9 Å². The quantitative estimate of drug-likeness (QED) is 0.641. The molecule has 1 atom stereocenters. The molecule has 2 aromatic rings. The first-order valence-corrected chi connectivity index (χ1v) is 9.71. The number of carbonyl (C=O) groups is 3. The van der Waals surface area contributed by atoms with E-state index in [4.69, 9.17) is 4.74 Å². The van der Waals surface area contributed by atoms with Crippen molar-refractivity contribution in [2.75, 3.05) is 6.61 Å². The molecule has 1 aromatic heterocycles. The number of hydrogen-bond donors (Lipinski definition) is 3. The van der Waals surface area contributed by atoms with Gasteiger partial charge in [-0.15, -0.1) is 11.3 Å². The fourth-order valence-electron chi connectivity index (χ4n) is 2.40. The molecule has 0 aliphatic carbocycles. The molecule has 0 saturated carbocycles. The van der Waals surface area contributed by atoms with Crippen molar-refractivity contribution in [3.63, 3.8) is 0 Å². The maximum Gasteiger partial charge on any atom is 0.407 e. The van der Waals surface area contributed by atoms with Gasteiger partial charge in [-0.3, -0.25) is 20.4 Å². The third-order valence-electron chi connectivity index (χ3n) is 3.82. The normalized spacial score (nSPS) is 11.6. The van der Waals surface area contributed by atoms with Crippen LogP contribution in [-0.2, 0) is 9.53 Å². The Balaban J connectivity index is 2.01. The van der Waals surface area contributed by atoms with Crippen LogP contribution in [-0.4, -0.2) is 35.5 Å². The highest BCUT2D eigenvalue weighted by molar-refractivity contribution is 7.17. The first-order chi connectivity index (χ1) is 13.3. The van der Waals surface area contributed by atoms with Crippen molar-refractivity contribution in [1.29, 1.82) is 0 Å². The molecule has 0 radical (unpaired) electrons. The number of nitrogens with zero attached hydrogens (tertiary/aromatic N) is 1. The van der Waals surface area contributed by atoms with E-state index in [9.17, 15) is 14.4 Å². The Morgan fingerprint density at radius 2 is 1.82 bits per heavy atom. The van der Waals surface area contributed by atoms with Gasteiger partial charge >= 0.3 is 6.09 Å². The lowest BCUT2D eigenvalue weighted by atomic mass is 10.0. The van der Waals surface area contributed by atoms with Crippen molar-refractivity contribution in [3.8, 4) is 10.6 Å². The largest absolute Gasteiger partial charge is 0.450 e. The molecule has 1 unspecified atom stereocenters. The minimum Gasteiger partial charge on any atom is -0.450 e. The van der Waals surface area contributed by atoms with Crippen LogP contribution in [0.5, 0.6) is 0 Å². The monoisotopic (exact) mass is 404 g/mol. The minimum atomic E-state index is -0.846. The summed E-state index contributed by atoms with van der Waals surface area (Å²) in [5.41, 5.74) is 6.23. The number of amides is 3. The van der Waals surface area contributed by atoms with E-state index in [1.54, 1.807) is 27.7 Å². The SMILES string of the molecule is CCOC(=O)NC(C(=O)NNC(=O)c1sc(-c2ccccc2)nc1C)C(C)C. The zero-order valence-corrected chi connectivity index (χ0v) is 17.1. The molecule has 150 valence electrons. The first kappa shape index (κ1) is 21.4. The Labute approximate surface area is 167 Å². The highest BCUT2D eigenvalue weighted by atomic mass is 32.1. The van der Waals surface area contributed by atoms with Crippen LogP contribution in [0.15, 0.2) is 30.3 Å². The lowest BCUT2D eigenvalue weighted by molar-refractivity contribution is -0.124. The Hall–Kier alpha value is -2.94. The molecule has 3 N–H and O–H groups in total. The Bertz CT molecular complexity index is 836. The number of hydrogen-bond acceptors (Lipinski definition) is 6. The van der Waals surface area contributed by atoms with Crippen molar-refractivity contribution in [2.45, 2.75) is 33.7 Å². The Morgan fingerprint density at radius 1 is 1.14 bits per heavy atom. The van der Waals surface area contributed by atoms with Crippen molar-refractivity contribution in [1.82, 2.24) is 21.2 Å². The minimum absolute atomic E-state index is 0.198. The number of aromatic nitrogens is 1. The van der Waals surface area contributed by atoms with Gasteiger partial charge in [-0.25, -0.2) is 9.78 Å². The molecule has 0 aliphatic heterocycles. The number of carbonyl (C=O) groups excluding carboxylic acids is 3. The smallest absolute Gasteiger partial charge is 0.407 e. The molecule has 1 heterocycles. The molecule has 0 spiro atoms. The van der Waals surface area contributed by atoms with E-state index >= 15 is 0 Å². The predicted octanol–water partition coefficient (Wildman–Crippen LogP) is 2.65. The summed E-state index contributed by atoms with van der Waals surface area (Å²) in [5, 5.41) is 3.20. The van der Waals surface area contributed by atoms with Gasteiger partial charge in [0.1, 0.15) is 15.9 Å². The van der Waals surface area contributed by atoms with Gasteiger partial charge < -0.3 is 10.1 Å². The summed E-state index contributed by atoms with van der Waals surface area (Å²) in [4.78, 5) is 41.2. The van der Waals surface area contributed by atoms with Crippen LogP contribution in [0.25, 0.3) is 10.6 Å². The Morgan fingerprint density at radius 3 is 2.43 bits per heavy atom. The first-order valence-electron chi connectivity index (χ1n) is 8.89. The molecule has 9 heteroatoms. The summed E-state index contributed by atoms with van der Waals surface area (Å²) in [7, 11) is 0. The summed E-state index contributed by atoms with van der Waals surface area (Å²) in [6.07, 6.45) is -0.687. The Kier molecular flexibility index (Phi) is 7.51. The van der Waals surface area contributed by atoms with E-state index in [1.165, 1.54) is 11.3 Å². The third kappa shape index (κ3) is 5.53. The second-order valence-corrected chi connectivity index (χ2v) is 7.33. The zero-order valence-electron chi connectivity index (χ0n) is 16.2. The molecule has 1 aromatic carbocycles. The molecule has 3 amide bonds. The van der Waals surface area contributed by atoms with Gasteiger partial charge in [0.15, 0.2) is 0 Å². The van der Waals surface area contributed by atoms with Crippen LogP contribution in [0.3, 0.4) is 0 Å². The summed E-state index contributed by atoms with van der Waals surface area (Å²) in [6.45, 7) is 7.16. The molecule has 0 fully saturated rings. The van der Waals surface area contributed by atoms with Gasteiger partial charge in [-0.1, -0.05) is 44.2 Å². The zero-order chi connectivity index (χ0) is 20.7. The van der Waals surface area contributed by atoms with E-state index in [0.717, 1.165) is 10.6 Å². The molecule has 0 aliphatic rings. The van der Waals surface area contributed by atoms with Gasteiger partial charge in [-0.2, -0.15) is 0 Å². The molecule has 8 nitrogen and oxygen atoms in total. The molecule has 0 bridgehead atoms.